The summed E-state index contributed by atoms with van der Waals surface area (Å²) in [6.07, 6.45) is 1.60. The van der Waals surface area contributed by atoms with Crippen LogP contribution >= 0.6 is 0 Å². The molecule has 0 amide bonds. The molecule has 122 valence electrons. The maximum Gasteiger partial charge on any atom is 0.352 e. The van der Waals surface area contributed by atoms with Crippen molar-refractivity contribution in [1.82, 2.24) is 4.98 Å². The summed E-state index contributed by atoms with van der Waals surface area (Å²) in [7, 11) is 0. The standard InChI is InChI=1S/C19H18N2O3/c1-11-16(19(23)24)21-17-14(18(11)22)9-13(10-15(17)20)8-7-12-5-3-2-4-6-12/h2-6,9-10H,7-8,20H2,1H3,(H,21,22)(H,23,24). The van der Waals surface area contributed by atoms with Gasteiger partial charge in [-0.2, -0.15) is 0 Å². The second-order valence-corrected chi connectivity index (χ2v) is 5.85. The Morgan fingerprint density at radius 3 is 2.46 bits per heavy atom. The number of aromatic amines is 1. The van der Waals surface area contributed by atoms with Crippen molar-refractivity contribution in [1.29, 1.82) is 0 Å². The van der Waals surface area contributed by atoms with E-state index >= 15 is 0 Å². The van der Waals surface area contributed by atoms with Crippen molar-refractivity contribution >= 4 is 22.6 Å². The van der Waals surface area contributed by atoms with E-state index in [9.17, 15) is 14.7 Å². The van der Waals surface area contributed by atoms with E-state index < -0.39 is 5.97 Å². The van der Waals surface area contributed by atoms with Gasteiger partial charge in [0.15, 0.2) is 5.43 Å². The zero-order valence-corrected chi connectivity index (χ0v) is 13.3. The number of carbonyl (C=O) groups is 1. The number of nitrogen functional groups attached to an aromatic ring is 1. The van der Waals surface area contributed by atoms with Gasteiger partial charge in [0.25, 0.3) is 0 Å². The van der Waals surface area contributed by atoms with Gasteiger partial charge >= 0.3 is 5.97 Å². The van der Waals surface area contributed by atoms with E-state index in [-0.39, 0.29) is 16.7 Å². The van der Waals surface area contributed by atoms with Gasteiger partial charge in [0, 0.05) is 10.9 Å². The molecule has 0 aliphatic heterocycles. The van der Waals surface area contributed by atoms with E-state index in [0.717, 1.165) is 18.4 Å². The van der Waals surface area contributed by atoms with Crippen molar-refractivity contribution in [3.63, 3.8) is 0 Å². The van der Waals surface area contributed by atoms with E-state index in [1.807, 2.05) is 18.2 Å². The number of carboxylic acid groups (broad SMARTS) is 1. The fraction of sp³-hybridized carbons (Fsp3) is 0.158. The maximum atomic E-state index is 12.5. The third-order valence-electron chi connectivity index (χ3n) is 4.20. The van der Waals surface area contributed by atoms with Gasteiger partial charge in [-0.1, -0.05) is 30.3 Å². The number of nitrogens with one attached hydrogen (secondary N) is 1. The molecule has 0 spiro atoms. The van der Waals surface area contributed by atoms with Crippen molar-refractivity contribution in [2.75, 3.05) is 5.73 Å². The molecule has 3 aromatic rings. The van der Waals surface area contributed by atoms with Crippen LogP contribution in [0.25, 0.3) is 10.9 Å². The number of nitrogens with two attached hydrogens (primary N) is 1. The molecule has 0 atom stereocenters. The minimum atomic E-state index is -1.17. The smallest absolute Gasteiger partial charge is 0.352 e. The second-order valence-electron chi connectivity index (χ2n) is 5.85. The number of hydrogen-bond donors (Lipinski definition) is 3. The van der Waals surface area contributed by atoms with Gasteiger partial charge in [0.1, 0.15) is 5.69 Å². The Morgan fingerprint density at radius 1 is 1.12 bits per heavy atom. The molecular weight excluding hydrogens is 304 g/mol. The lowest BCUT2D eigenvalue weighted by atomic mass is 10.0. The van der Waals surface area contributed by atoms with Crippen molar-refractivity contribution in [2.24, 2.45) is 0 Å². The van der Waals surface area contributed by atoms with Crippen LogP contribution in [0.4, 0.5) is 5.69 Å². The lowest BCUT2D eigenvalue weighted by Gasteiger charge is -2.10. The number of fused-ring (bicyclic) bond motifs is 1. The first-order valence-corrected chi connectivity index (χ1v) is 7.69. The molecule has 3 rings (SSSR count). The minimum absolute atomic E-state index is 0.115. The number of hydrogen-bond acceptors (Lipinski definition) is 3. The van der Waals surface area contributed by atoms with E-state index in [1.54, 1.807) is 12.1 Å². The Kier molecular flexibility index (Phi) is 4.08. The SMILES string of the molecule is Cc1c(C(=O)O)[nH]c2c(N)cc(CCc3ccccc3)cc2c1=O. The fourth-order valence-electron chi connectivity index (χ4n) is 2.87. The van der Waals surface area contributed by atoms with Crippen molar-refractivity contribution in [3.05, 3.63) is 75.1 Å². The molecule has 0 aliphatic rings. The number of aromatic carboxylic acids is 1. The molecule has 4 N–H and O–H groups in total. The molecule has 0 saturated carbocycles. The maximum absolute atomic E-state index is 12.5. The summed E-state index contributed by atoms with van der Waals surface area (Å²) in [5, 5.41) is 9.63. The minimum Gasteiger partial charge on any atom is -0.477 e. The van der Waals surface area contributed by atoms with Gasteiger partial charge in [0.2, 0.25) is 0 Å². The highest BCUT2D eigenvalue weighted by atomic mass is 16.4. The first-order chi connectivity index (χ1) is 11.5. The molecule has 0 fully saturated rings. The number of anilines is 1. The van der Waals surface area contributed by atoms with E-state index in [4.69, 9.17) is 5.73 Å². The molecule has 0 aliphatic carbocycles. The van der Waals surface area contributed by atoms with Crippen molar-refractivity contribution in [3.8, 4) is 0 Å². The number of H-pyrrole nitrogens is 1. The average Bonchev–Trinajstić information content (AvgIpc) is 2.57. The van der Waals surface area contributed by atoms with Gasteiger partial charge < -0.3 is 15.8 Å². The highest BCUT2D eigenvalue weighted by molar-refractivity contribution is 5.95. The highest BCUT2D eigenvalue weighted by Crippen LogP contribution is 2.22. The van der Waals surface area contributed by atoms with Gasteiger partial charge in [-0.25, -0.2) is 4.79 Å². The molecule has 0 unspecified atom stereocenters. The Hall–Kier alpha value is -3.08. The Balaban J connectivity index is 2.04. The number of rotatable bonds is 4. The summed E-state index contributed by atoms with van der Waals surface area (Å²) < 4.78 is 0. The summed E-state index contributed by atoms with van der Waals surface area (Å²) in [6, 6.07) is 13.7. The first kappa shape index (κ1) is 15.8. The Morgan fingerprint density at radius 2 is 1.79 bits per heavy atom. The number of carboxylic acids is 1. The molecule has 0 radical (unpaired) electrons. The van der Waals surface area contributed by atoms with Gasteiger partial charge in [0.05, 0.1) is 11.2 Å². The summed E-state index contributed by atoms with van der Waals surface area (Å²) in [4.78, 5) is 26.5. The predicted octanol–water partition coefficient (Wildman–Crippen LogP) is 2.90. The number of pyridine rings is 1. The summed E-state index contributed by atoms with van der Waals surface area (Å²) in [5.41, 5.74) is 8.76. The number of aromatic nitrogens is 1. The van der Waals surface area contributed by atoms with Crippen LogP contribution in [-0.2, 0) is 12.8 Å². The molecule has 0 bridgehead atoms. The molecule has 1 heterocycles. The van der Waals surface area contributed by atoms with Crippen LogP contribution in [0.15, 0.2) is 47.3 Å². The van der Waals surface area contributed by atoms with Crippen LogP contribution in [0, 0.1) is 6.92 Å². The molecule has 5 nitrogen and oxygen atoms in total. The second kappa shape index (κ2) is 6.20. The number of aryl methyl sites for hydroxylation is 2. The van der Waals surface area contributed by atoms with E-state index in [0.29, 0.717) is 16.6 Å². The zero-order chi connectivity index (χ0) is 17.3. The third kappa shape index (κ3) is 2.88. The van der Waals surface area contributed by atoms with Crippen molar-refractivity contribution < 1.29 is 9.90 Å². The van der Waals surface area contributed by atoms with Gasteiger partial charge in [-0.15, -0.1) is 0 Å². The molecular formula is C19H18N2O3. The number of benzene rings is 2. The van der Waals surface area contributed by atoms with E-state index in [2.05, 4.69) is 17.1 Å². The van der Waals surface area contributed by atoms with Crippen LogP contribution in [0.2, 0.25) is 0 Å². The van der Waals surface area contributed by atoms with Crippen LogP contribution in [0.3, 0.4) is 0 Å². The lowest BCUT2D eigenvalue weighted by Crippen LogP contribution is -2.16. The quantitative estimate of drug-likeness (QED) is 0.643. The Labute approximate surface area is 138 Å². The molecule has 0 saturated heterocycles. The topological polar surface area (TPSA) is 96.2 Å². The van der Waals surface area contributed by atoms with Gasteiger partial charge in [-0.3, -0.25) is 4.79 Å². The van der Waals surface area contributed by atoms with Gasteiger partial charge in [-0.05, 0) is 43.0 Å². The fourth-order valence-corrected chi connectivity index (χ4v) is 2.87. The van der Waals surface area contributed by atoms with Crippen LogP contribution in [0.1, 0.15) is 27.2 Å². The monoisotopic (exact) mass is 322 g/mol. The normalized spacial score (nSPS) is 10.9. The summed E-state index contributed by atoms with van der Waals surface area (Å²) in [5.74, 6) is -1.17. The highest BCUT2D eigenvalue weighted by Gasteiger charge is 2.15. The largest absolute Gasteiger partial charge is 0.477 e. The first-order valence-electron chi connectivity index (χ1n) is 7.69. The van der Waals surface area contributed by atoms with Crippen LogP contribution in [0.5, 0.6) is 0 Å². The predicted molar refractivity (Wildman–Crippen MR) is 94.5 cm³/mol. The average molecular weight is 322 g/mol. The van der Waals surface area contributed by atoms with Crippen molar-refractivity contribution in [2.45, 2.75) is 19.8 Å². The summed E-state index contributed by atoms with van der Waals surface area (Å²) in [6.45, 7) is 1.51. The lowest BCUT2D eigenvalue weighted by molar-refractivity contribution is 0.0690. The van der Waals surface area contributed by atoms with Crippen LogP contribution in [-0.4, -0.2) is 16.1 Å². The molecule has 5 heteroatoms. The molecule has 2 aromatic carbocycles. The third-order valence-corrected chi connectivity index (χ3v) is 4.20. The molecule has 1 aromatic heterocycles. The van der Waals surface area contributed by atoms with Crippen LogP contribution < -0.4 is 11.2 Å². The summed E-state index contributed by atoms with van der Waals surface area (Å²) >= 11 is 0. The van der Waals surface area contributed by atoms with E-state index in [1.165, 1.54) is 12.5 Å². The zero-order valence-electron chi connectivity index (χ0n) is 13.3. The molecule has 24 heavy (non-hydrogen) atoms. The Bertz CT molecular complexity index is 975.